The van der Waals surface area contributed by atoms with Gasteiger partial charge < -0.3 is 4.42 Å². The molecule has 7 heteroatoms. The van der Waals surface area contributed by atoms with Gasteiger partial charge in [0.05, 0.1) is 17.7 Å². The van der Waals surface area contributed by atoms with Crippen molar-refractivity contribution in [3.05, 3.63) is 86.9 Å². The van der Waals surface area contributed by atoms with Crippen LogP contribution in [0.3, 0.4) is 0 Å². The topological polar surface area (TPSA) is 55.1 Å². The molecule has 3 aromatic heterocycles. The Balaban J connectivity index is 1.28. The maximum atomic E-state index is 5.42. The number of rotatable bonds is 4. The first kappa shape index (κ1) is 19.6. The highest BCUT2D eigenvalue weighted by Gasteiger charge is 2.19. The van der Waals surface area contributed by atoms with Crippen molar-refractivity contribution in [3.8, 4) is 22.8 Å². The standard InChI is InChI=1S/C23H18Br2N4O/c24-18-8-16(9-19(25)10-18)20-4-3-15(11-26-20)13-29-6-5-21-17(14-29)12-27-23(28-21)22-2-1-7-30-22/h1-4,7-12H,5-6,13-14H2. The Morgan fingerprint density at radius 1 is 1.00 bits per heavy atom. The molecule has 5 rings (SSSR count). The lowest BCUT2D eigenvalue weighted by atomic mass is 10.1. The van der Waals surface area contributed by atoms with E-state index in [1.165, 1.54) is 11.1 Å². The molecule has 0 saturated heterocycles. The fourth-order valence-corrected chi connectivity index (χ4v) is 4.98. The van der Waals surface area contributed by atoms with E-state index in [0.29, 0.717) is 11.6 Å². The number of aromatic nitrogens is 3. The number of benzene rings is 1. The van der Waals surface area contributed by atoms with Gasteiger partial charge in [-0.05, 0) is 42.0 Å². The minimum atomic E-state index is 0.658. The van der Waals surface area contributed by atoms with Gasteiger partial charge in [0, 0.05) is 58.5 Å². The number of furan rings is 1. The summed E-state index contributed by atoms with van der Waals surface area (Å²) >= 11 is 7.08. The maximum Gasteiger partial charge on any atom is 0.195 e. The van der Waals surface area contributed by atoms with Gasteiger partial charge in [-0.3, -0.25) is 9.88 Å². The normalized spacial score (nSPS) is 13.9. The summed E-state index contributed by atoms with van der Waals surface area (Å²) in [6.45, 7) is 2.66. The molecular formula is C23H18Br2N4O. The molecule has 0 saturated carbocycles. The number of hydrogen-bond donors (Lipinski definition) is 0. The van der Waals surface area contributed by atoms with E-state index in [9.17, 15) is 0 Å². The maximum absolute atomic E-state index is 5.42. The van der Waals surface area contributed by atoms with E-state index >= 15 is 0 Å². The molecule has 1 aliphatic rings. The predicted octanol–water partition coefficient (Wildman–Crippen LogP) is 5.88. The van der Waals surface area contributed by atoms with Crippen molar-refractivity contribution in [2.75, 3.05) is 6.54 Å². The Morgan fingerprint density at radius 2 is 1.87 bits per heavy atom. The molecule has 0 atom stereocenters. The molecule has 150 valence electrons. The van der Waals surface area contributed by atoms with E-state index in [1.54, 1.807) is 6.26 Å². The van der Waals surface area contributed by atoms with E-state index < -0.39 is 0 Å². The average molecular weight is 526 g/mol. The second-order valence-electron chi connectivity index (χ2n) is 7.31. The van der Waals surface area contributed by atoms with E-state index in [2.05, 4.69) is 71.0 Å². The van der Waals surface area contributed by atoms with Crippen molar-refractivity contribution in [1.29, 1.82) is 0 Å². The third kappa shape index (κ3) is 4.24. The molecule has 0 fully saturated rings. The van der Waals surface area contributed by atoms with Crippen molar-refractivity contribution in [2.45, 2.75) is 19.5 Å². The third-order valence-corrected chi connectivity index (χ3v) is 6.06. The molecule has 0 spiro atoms. The average Bonchev–Trinajstić information content (AvgIpc) is 3.28. The first-order valence-electron chi connectivity index (χ1n) is 9.66. The Bertz CT molecular complexity index is 1160. The first-order chi connectivity index (χ1) is 14.6. The van der Waals surface area contributed by atoms with E-state index in [1.807, 2.05) is 30.6 Å². The first-order valence-corrected chi connectivity index (χ1v) is 11.2. The fraction of sp³-hybridized carbons (Fsp3) is 0.174. The molecule has 0 unspecified atom stereocenters. The largest absolute Gasteiger partial charge is 0.461 e. The molecule has 4 aromatic rings. The zero-order valence-corrected chi connectivity index (χ0v) is 19.2. The molecule has 0 aliphatic carbocycles. The van der Waals surface area contributed by atoms with Crippen molar-refractivity contribution in [3.63, 3.8) is 0 Å². The van der Waals surface area contributed by atoms with Crippen molar-refractivity contribution < 1.29 is 4.42 Å². The Kier molecular flexibility index (Phi) is 5.50. The summed E-state index contributed by atoms with van der Waals surface area (Å²) in [4.78, 5) is 16.3. The van der Waals surface area contributed by atoms with Crippen LogP contribution in [0.15, 0.2) is 74.5 Å². The molecule has 0 N–H and O–H groups in total. The van der Waals surface area contributed by atoms with Gasteiger partial charge in [0.1, 0.15) is 0 Å². The van der Waals surface area contributed by atoms with Crippen LogP contribution in [-0.4, -0.2) is 26.4 Å². The fourth-order valence-electron chi connectivity index (χ4n) is 3.68. The van der Waals surface area contributed by atoms with Crippen LogP contribution in [0.4, 0.5) is 0 Å². The summed E-state index contributed by atoms with van der Waals surface area (Å²) < 4.78 is 7.48. The zero-order chi connectivity index (χ0) is 20.5. The highest BCUT2D eigenvalue weighted by atomic mass is 79.9. The Hall–Kier alpha value is -2.35. The van der Waals surface area contributed by atoms with Gasteiger partial charge in [0.2, 0.25) is 0 Å². The van der Waals surface area contributed by atoms with Crippen LogP contribution in [0.25, 0.3) is 22.8 Å². The van der Waals surface area contributed by atoms with Crippen molar-refractivity contribution in [2.24, 2.45) is 0 Å². The molecule has 1 aliphatic heterocycles. The number of hydrogen-bond acceptors (Lipinski definition) is 5. The summed E-state index contributed by atoms with van der Waals surface area (Å²) in [6.07, 6.45) is 6.45. The van der Waals surface area contributed by atoms with Gasteiger partial charge >= 0.3 is 0 Å². The van der Waals surface area contributed by atoms with Gasteiger partial charge in [-0.2, -0.15) is 0 Å². The van der Waals surface area contributed by atoms with Crippen LogP contribution in [0.5, 0.6) is 0 Å². The van der Waals surface area contributed by atoms with E-state index in [0.717, 1.165) is 52.0 Å². The minimum Gasteiger partial charge on any atom is -0.461 e. The molecular weight excluding hydrogens is 508 g/mol. The second kappa shape index (κ2) is 8.41. The minimum absolute atomic E-state index is 0.658. The lowest BCUT2D eigenvalue weighted by molar-refractivity contribution is 0.242. The predicted molar refractivity (Wildman–Crippen MR) is 123 cm³/mol. The lowest BCUT2D eigenvalue weighted by Crippen LogP contribution is -2.31. The van der Waals surface area contributed by atoms with Gasteiger partial charge in [-0.25, -0.2) is 9.97 Å². The lowest BCUT2D eigenvalue weighted by Gasteiger charge is -2.27. The summed E-state index contributed by atoms with van der Waals surface area (Å²) in [7, 11) is 0. The SMILES string of the molecule is Brc1cc(Br)cc(-c2ccc(CN3CCc4nc(-c5ccco5)ncc4C3)cn2)c1. The van der Waals surface area contributed by atoms with Gasteiger partial charge in [0.25, 0.3) is 0 Å². The molecule has 0 bridgehead atoms. The third-order valence-electron chi connectivity index (χ3n) is 5.14. The molecule has 30 heavy (non-hydrogen) atoms. The Labute approximate surface area is 191 Å². The summed E-state index contributed by atoms with van der Waals surface area (Å²) in [5.41, 5.74) is 5.54. The highest BCUT2D eigenvalue weighted by Crippen LogP contribution is 2.27. The monoisotopic (exact) mass is 524 g/mol. The van der Waals surface area contributed by atoms with Gasteiger partial charge in [-0.1, -0.05) is 37.9 Å². The van der Waals surface area contributed by atoms with Crippen molar-refractivity contribution in [1.82, 2.24) is 19.9 Å². The smallest absolute Gasteiger partial charge is 0.195 e. The number of nitrogens with zero attached hydrogens (tertiary/aromatic N) is 4. The number of pyridine rings is 1. The van der Waals surface area contributed by atoms with Crippen molar-refractivity contribution >= 4 is 31.9 Å². The van der Waals surface area contributed by atoms with Gasteiger partial charge in [-0.15, -0.1) is 0 Å². The van der Waals surface area contributed by atoms with Gasteiger partial charge in [0.15, 0.2) is 11.6 Å². The van der Waals surface area contributed by atoms with Crippen LogP contribution >= 0.6 is 31.9 Å². The summed E-state index contributed by atoms with van der Waals surface area (Å²) in [5, 5.41) is 0. The molecule has 1 aromatic carbocycles. The van der Waals surface area contributed by atoms with Crippen LogP contribution in [0.2, 0.25) is 0 Å². The van der Waals surface area contributed by atoms with Crippen LogP contribution in [-0.2, 0) is 19.5 Å². The highest BCUT2D eigenvalue weighted by molar-refractivity contribution is 9.11. The zero-order valence-electron chi connectivity index (χ0n) is 16.1. The molecule has 5 nitrogen and oxygen atoms in total. The van der Waals surface area contributed by atoms with E-state index in [-0.39, 0.29) is 0 Å². The summed E-state index contributed by atoms with van der Waals surface area (Å²) in [5.74, 6) is 1.37. The number of halogens is 2. The Morgan fingerprint density at radius 3 is 2.60 bits per heavy atom. The second-order valence-corrected chi connectivity index (χ2v) is 9.14. The molecule has 0 amide bonds. The van der Waals surface area contributed by atoms with Crippen LogP contribution in [0.1, 0.15) is 16.8 Å². The molecule has 4 heterocycles. The van der Waals surface area contributed by atoms with Crippen LogP contribution in [0, 0.1) is 0 Å². The van der Waals surface area contributed by atoms with E-state index in [4.69, 9.17) is 9.40 Å². The molecule has 0 radical (unpaired) electrons. The quantitative estimate of drug-likeness (QED) is 0.333. The van der Waals surface area contributed by atoms with Crippen LogP contribution < -0.4 is 0 Å². The number of fused-ring (bicyclic) bond motifs is 1. The summed E-state index contributed by atoms with van der Waals surface area (Å²) in [6, 6.07) is 14.2.